The lowest BCUT2D eigenvalue weighted by Gasteiger charge is -2.04. The number of allylic oxidation sites excluding steroid dienone is 5. The molecule has 0 spiro atoms. The van der Waals surface area contributed by atoms with Gasteiger partial charge in [0.25, 0.3) is 0 Å². The largest absolute Gasteiger partial charge is 0.289 e. The van der Waals surface area contributed by atoms with E-state index in [1.54, 1.807) is 18.2 Å². The summed E-state index contributed by atoms with van der Waals surface area (Å²) in [4.78, 5) is 12.1. The quantitative estimate of drug-likeness (QED) is 0.420. The summed E-state index contributed by atoms with van der Waals surface area (Å²) in [6.45, 7) is 7.39. The molecule has 1 aromatic rings. The Bertz CT molecular complexity index is 450. The molecule has 16 heavy (non-hydrogen) atoms. The van der Waals surface area contributed by atoms with Crippen LogP contribution in [0.5, 0.6) is 0 Å². The molecule has 0 bridgehead atoms. The third-order valence-corrected chi connectivity index (χ3v) is 2.37. The van der Waals surface area contributed by atoms with Crippen molar-refractivity contribution in [3.63, 3.8) is 0 Å². The fourth-order valence-electron chi connectivity index (χ4n) is 1.46. The molecule has 1 heteroatoms. The van der Waals surface area contributed by atoms with Gasteiger partial charge < -0.3 is 0 Å². The Morgan fingerprint density at radius 3 is 2.56 bits per heavy atom. The van der Waals surface area contributed by atoms with Gasteiger partial charge in [-0.1, -0.05) is 55.1 Å². The maximum atomic E-state index is 12.1. The van der Waals surface area contributed by atoms with E-state index in [0.717, 1.165) is 11.1 Å². The first kappa shape index (κ1) is 12.2. The molecule has 0 saturated heterocycles. The van der Waals surface area contributed by atoms with Crippen LogP contribution in [0.2, 0.25) is 0 Å². The van der Waals surface area contributed by atoms with Gasteiger partial charge in [-0.3, -0.25) is 4.79 Å². The molecular weight excluding hydrogens is 196 g/mol. The molecule has 0 atom stereocenters. The molecule has 82 valence electrons. The Morgan fingerprint density at radius 1 is 1.31 bits per heavy atom. The Kier molecular flexibility index (Phi) is 4.46. The SMILES string of the molecule is C=C/C=C\C(=C/C)C(=O)c1ccccc1C. The molecule has 0 aliphatic rings. The number of aryl methyl sites for hydroxylation is 1. The van der Waals surface area contributed by atoms with Crippen molar-refractivity contribution in [1.29, 1.82) is 0 Å². The maximum Gasteiger partial charge on any atom is 0.192 e. The van der Waals surface area contributed by atoms with E-state index in [-0.39, 0.29) is 5.78 Å². The van der Waals surface area contributed by atoms with E-state index in [4.69, 9.17) is 0 Å². The third kappa shape index (κ3) is 2.80. The van der Waals surface area contributed by atoms with Gasteiger partial charge in [-0.2, -0.15) is 0 Å². The van der Waals surface area contributed by atoms with Gasteiger partial charge in [-0.05, 0) is 19.4 Å². The summed E-state index contributed by atoms with van der Waals surface area (Å²) in [6, 6.07) is 7.60. The topological polar surface area (TPSA) is 17.1 Å². The van der Waals surface area contributed by atoms with Crippen molar-refractivity contribution in [1.82, 2.24) is 0 Å². The number of rotatable bonds is 4. The van der Waals surface area contributed by atoms with Gasteiger partial charge in [0.15, 0.2) is 5.78 Å². The number of carbonyl (C=O) groups excluding carboxylic acids is 1. The van der Waals surface area contributed by atoms with Crippen LogP contribution < -0.4 is 0 Å². The number of Topliss-reactive ketones (excluding diaryl/α,β-unsaturated/α-hetero) is 1. The van der Waals surface area contributed by atoms with Crippen LogP contribution in [0.3, 0.4) is 0 Å². The molecule has 0 aliphatic heterocycles. The minimum atomic E-state index is 0.0544. The predicted octanol–water partition coefficient (Wildman–Crippen LogP) is 3.87. The van der Waals surface area contributed by atoms with Crippen molar-refractivity contribution >= 4 is 5.78 Å². The number of benzene rings is 1. The monoisotopic (exact) mass is 212 g/mol. The molecule has 1 nitrogen and oxygen atoms in total. The standard InChI is InChI=1S/C15H16O/c1-4-6-10-13(5-2)15(16)14-11-8-7-9-12(14)3/h4-11H,1H2,2-3H3/b10-6-,13-5+. The second kappa shape index (κ2) is 5.86. The average Bonchev–Trinajstić information content (AvgIpc) is 2.30. The molecule has 1 rings (SSSR count). The van der Waals surface area contributed by atoms with Crippen LogP contribution >= 0.6 is 0 Å². The number of hydrogen-bond donors (Lipinski definition) is 0. The maximum absolute atomic E-state index is 12.1. The van der Waals surface area contributed by atoms with Crippen molar-refractivity contribution < 1.29 is 4.79 Å². The molecule has 0 saturated carbocycles. The van der Waals surface area contributed by atoms with E-state index >= 15 is 0 Å². The summed E-state index contributed by atoms with van der Waals surface area (Å²) < 4.78 is 0. The first-order valence-electron chi connectivity index (χ1n) is 5.26. The highest BCUT2D eigenvalue weighted by Gasteiger charge is 2.10. The number of hydrogen-bond acceptors (Lipinski definition) is 1. The predicted molar refractivity (Wildman–Crippen MR) is 68.6 cm³/mol. The highest BCUT2D eigenvalue weighted by Crippen LogP contribution is 2.13. The second-order valence-electron chi connectivity index (χ2n) is 3.48. The van der Waals surface area contributed by atoms with Crippen molar-refractivity contribution in [3.8, 4) is 0 Å². The van der Waals surface area contributed by atoms with Gasteiger partial charge in [-0.15, -0.1) is 0 Å². The average molecular weight is 212 g/mol. The molecule has 0 heterocycles. The van der Waals surface area contributed by atoms with E-state index in [9.17, 15) is 4.79 Å². The Morgan fingerprint density at radius 2 is 2.00 bits per heavy atom. The van der Waals surface area contributed by atoms with Crippen LogP contribution in [0.15, 0.2) is 60.7 Å². The van der Waals surface area contributed by atoms with Crippen molar-refractivity contribution in [2.45, 2.75) is 13.8 Å². The highest BCUT2D eigenvalue weighted by atomic mass is 16.1. The summed E-state index contributed by atoms with van der Waals surface area (Å²) in [5.41, 5.74) is 2.44. The van der Waals surface area contributed by atoms with E-state index in [0.29, 0.717) is 5.57 Å². The summed E-state index contributed by atoms with van der Waals surface area (Å²) in [7, 11) is 0. The zero-order chi connectivity index (χ0) is 12.0. The van der Waals surface area contributed by atoms with Gasteiger partial charge in [0.05, 0.1) is 0 Å². The summed E-state index contributed by atoms with van der Waals surface area (Å²) in [5, 5.41) is 0. The van der Waals surface area contributed by atoms with Crippen LogP contribution in [0.25, 0.3) is 0 Å². The highest BCUT2D eigenvalue weighted by molar-refractivity contribution is 6.11. The zero-order valence-electron chi connectivity index (χ0n) is 9.73. The van der Waals surface area contributed by atoms with Crippen LogP contribution in [0.1, 0.15) is 22.8 Å². The van der Waals surface area contributed by atoms with Crippen molar-refractivity contribution in [2.75, 3.05) is 0 Å². The number of ketones is 1. The van der Waals surface area contributed by atoms with E-state index in [1.165, 1.54) is 0 Å². The van der Waals surface area contributed by atoms with E-state index < -0.39 is 0 Å². The smallest absolute Gasteiger partial charge is 0.192 e. The Labute approximate surface area is 96.8 Å². The van der Waals surface area contributed by atoms with E-state index in [2.05, 4.69) is 6.58 Å². The molecule has 0 fully saturated rings. The van der Waals surface area contributed by atoms with Gasteiger partial charge in [-0.25, -0.2) is 0 Å². The zero-order valence-corrected chi connectivity index (χ0v) is 9.73. The van der Waals surface area contributed by atoms with Gasteiger partial charge >= 0.3 is 0 Å². The van der Waals surface area contributed by atoms with E-state index in [1.807, 2.05) is 44.2 Å². The Hall–Kier alpha value is -1.89. The fourth-order valence-corrected chi connectivity index (χ4v) is 1.46. The second-order valence-corrected chi connectivity index (χ2v) is 3.48. The lowest BCUT2D eigenvalue weighted by atomic mass is 9.99. The minimum Gasteiger partial charge on any atom is -0.289 e. The van der Waals surface area contributed by atoms with Gasteiger partial charge in [0.2, 0.25) is 0 Å². The molecule has 0 aliphatic carbocycles. The number of carbonyl (C=O) groups is 1. The fraction of sp³-hybridized carbons (Fsp3) is 0.133. The van der Waals surface area contributed by atoms with Crippen LogP contribution in [-0.2, 0) is 0 Å². The summed E-state index contributed by atoms with van der Waals surface area (Å²) in [6.07, 6.45) is 7.02. The lowest BCUT2D eigenvalue weighted by Crippen LogP contribution is -2.03. The van der Waals surface area contributed by atoms with Crippen LogP contribution in [0.4, 0.5) is 0 Å². The summed E-state index contributed by atoms with van der Waals surface area (Å²) in [5.74, 6) is 0.0544. The molecule has 0 amide bonds. The minimum absolute atomic E-state index is 0.0544. The van der Waals surface area contributed by atoms with Crippen LogP contribution in [-0.4, -0.2) is 5.78 Å². The van der Waals surface area contributed by atoms with Crippen molar-refractivity contribution in [3.05, 3.63) is 71.8 Å². The lowest BCUT2D eigenvalue weighted by molar-refractivity contribution is 0.103. The molecule has 0 unspecified atom stereocenters. The molecule has 0 radical (unpaired) electrons. The van der Waals surface area contributed by atoms with Gasteiger partial charge in [0.1, 0.15) is 0 Å². The first-order valence-corrected chi connectivity index (χ1v) is 5.26. The molecule has 0 aromatic heterocycles. The third-order valence-electron chi connectivity index (χ3n) is 2.37. The Balaban J connectivity index is 3.06. The molecular formula is C15H16O. The first-order chi connectivity index (χ1) is 7.70. The normalized spacial score (nSPS) is 11.8. The van der Waals surface area contributed by atoms with Gasteiger partial charge in [0, 0.05) is 11.1 Å². The van der Waals surface area contributed by atoms with Crippen LogP contribution in [0, 0.1) is 6.92 Å². The summed E-state index contributed by atoms with van der Waals surface area (Å²) >= 11 is 0. The molecule has 0 N–H and O–H groups in total. The molecule has 1 aromatic carbocycles. The van der Waals surface area contributed by atoms with Crippen molar-refractivity contribution in [2.24, 2.45) is 0 Å².